The van der Waals surface area contributed by atoms with E-state index in [1.807, 2.05) is 0 Å². The molecule has 17 heavy (non-hydrogen) atoms. The Bertz CT molecular complexity index is 360. The second kappa shape index (κ2) is 3.36. The minimum Gasteiger partial charge on any atom is -0.390 e. The van der Waals surface area contributed by atoms with Gasteiger partial charge in [0, 0.05) is 0 Å². The van der Waals surface area contributed by atoms with E-state index in [2.05, 4.69) is 27.4 Å². The van der Waals surface area contributed by atoms with Crippen molar-refractivity contribution in [3.63, 3.8) is 0 Å². The molecule has 1 N–H and O–H groups in total. The van der Waals surface area contributed by atoms with Crippen LogP contribution in [0.2, 0.25) is 0 Å². The highest BCUT2D eigenvalue weighted by molar-refractivity contribution is 5.18. The van der Waals surface area contributed by atoms with E-state index in [1.165, 1.54) is 12.0 Å². The average molecular weight is 236 g/mol. The normalized spacial score (nSPS) is 52.4. The lowest BCUT2D eigenvalue weighted by Gasteiger charge is -2.53. The number of hydrogen-bond acceptors (Lipinski definition) is 2. The first-order chi connectivity index (χ1) is 7.84. The molecule has 0 aromatic carbocycles. The van der Waals surface area contributed by atoms with Gasteiger partial charge in [-0.15, -0.1) is 0 Å². The van der Waals surface area contributed by atoms with Crippen molar-refractivity contribution in [2.45, 2.75) is 64.3 Å². The molecule has 2 saturated carbocycles. The molecule has 0 radical (unpaired) electrons. The van der Waals surface area contributed by atoms with Crippen LogP contribution in [0.25, 0.3) is 0 Å². The molecule has 1 saturated heterocycles. The van der Waals surface area contributed by atoms with Crippen molar-refractivity contribution in [1.29, 1.82) is 0 Å². The zero-order chi connectivity index (χ0) is 12.4. The molecule has 5 atom stereocenters. The molecule has 2 aliphatic carbocycles. The summed E-state index contributed by atoms with van der Waals surface area (Å²) in [7, 11) is 0. The van der Waals surface area contributed by atoms with Crippen LogP contribution in [0.4, 0.5) is 0 Å². The highest BCUT2D eigenvalue weighted by Gasteiger charge is 2.60. The van der Waals surface area contributed by atoms with Crippen molar-refractivity contribution in [1.82, 2.24) is 0 Å². The zero-order valence-electron chi connectivity index (χ0n) is 11.2. The number of rotatable bonds is 0. The van der Waals surface area contributed by atoms with E-state index < -0.39 is 0 Å². The molecule has 0 aromatic heterocycles. The highest BCUT2D eigenvalue weighted by Crippen LogP contribution is 2.59. The van der Waals surface area contributed by atoms with Gasteiger partial charge in [-0.05, 0) is 49.9 Å². The van der Waals surface area contributed by atoms with Crippen LogP contribution < -0.4 is 0 Å². The number of aliphatic hydroxyl groups excluding tert-OH is 1. The van der Waals surface area contributed by atoms with Gasteiger partial charge in [0.05, 0.1) is 12.2 Å². The number of ether oxygens (including phenoxy) is 1. The molecular weight excluding hydrogens is 212 g/mol. The summed E-state index contributed by atoms with van der Waals surface area (Å²) < 4.78 is 5.73. The summed E-state index contributed by atoms with van der Waals surface area (Å²) in [4.78, 5) is 0. The summed E-state index contributed by atoms with van der Waals surface area (Å²) >= 11 is 0. The summed E-state index contributed by atoms with van der Waals surface area (Å²) in [5.41, 5.74) is 1.49. The lowest BCUT2D eigenvalue weighted by atomic mass is 9.52. The number of aliphatic hydroxyl groups is 1. The molecule has 0 bridgehead atoms. The predicted molar refractivity (Wildman–Crippen MR) is 67.7 cm³/mol. The third-order valence-corrected chi connectivity index (χ3v) is 5.60. The standard InChI is InChI=1S/C15H24O2/c1-9-5-6-13-15(4,17-13)12(16)7-11-10(9)8-14(11,2)3/h10-13,16H,1,5-8H2,2-4H3/t10-,11-,12-,13-,15+/m1/s1. The van der Waals surface area contributed by atoms with Gasteiger partial charge < -0.3 is 9.84 Å². The summed E-state index contributed by atoms with van der Waals surface area (Å²) in [5.74, 6) is 1.23. The van der Waals surface area contributed by atoms with Crippen molar-refractivity contribution in [2.75, 3.05) is 0 Å². The van der Waals surface area contributed by atoms with E-state index in [0.717, 1.165) is 19.3 Å². The van der Waals surface area contributed by atoms with E-state index >= 15 is 0 Å². The van der Waals surface area contributed by atoms with E-state index in [-0.39, 0.29) is 17.8 Å². The van der Waals surface area contributed by atoms with E-state index in [1.54, 1.807) is 0 Å². The van der Waals surface area contributed by atoms with Gasteiger partial charge in [0.2, 0.25) is 0 Å². The maximum atomic E-state index is 10.4. The van der Waals surface area contributed by atoms with Crippen LogP contribution in [-0.2, 0) is 4.74 Å². The van der Waals surface area contributed by atoms with Gasteiger partial charge in [0.1, 0.15) is 5.60 Å². The van der Waals surface area contributed by atoms with Crippen LogP contribution in [0, 0.1) is 17.3 Å². The first-order valence-corrected chi connectivity index (χ1v) is 6.88. The van der Waals surface area contributed by atoms with Gasteiger partial charge in [0.15, 0.2) is 0 Å². The molecule has 0 unspecified atom stereocenters. The second-order valence-electron chi connectivity index (χ2n) is 7.14. The third kappa shape index (κ3) is 1.61. The van der Waals surface area contributed by atoms with Gasteiger partial charge in [-0.3, -0.25) is 0 Å². The Labute approximate surface area is 104 Å². The lowest BCUT2D eigenvalue weighted by molar-refractivity contribution is -0.0430. The average Bonchev–Trinajstić information content (AvgIpc) is 2.91. The predicted octanol–water partition coefficient (Wildman–Crippen LogP) is 2.91. The molecule has 3 aliphatic rings. The Morgan fingerprint density at radius 3 is 2.71 bits per heavy atom. The third-order valence-electron chi connectivity index (χ3n) is 5.60. The van der Waals surface area contributed by atoms with Crippen LogP contribution in [0.15, 0.2) is 12.2 Å². The molecule has 1 aliphatic heterocycles. The molecule has 0 aromatic rings. The van der Waals surface area contributed by atoms with E-state index in [9.17, 15) is 5.11 Å². The lowest BCUT2D eigenvalue weighted by Crippen LogP contribution is -2.47. The maximum absolute atomic E-state index is 10.4. The van der Waals surface area contributed by atoms with Gasteiger partial charge in [-0.25, -0.2) is 0 Å². The van der Waals surface area contributed by atoms with Crippen LogP contribution in [0.5, 0.6) is 0 Å². The number of allylic oxidation sites excluding steroid dienone is 1. The number of hydrogen-bond donors (Lipinski definition) is 1. The molecule has 3 fully saturated rings. The van der Waals surface area contributed by atoms with E-state index in [0.29, 0.717) is 17.3 Å². The zero-order valence-corrected chi connectivity index (χ0v) is 11.2. The Kier molecular flexibility index (Phi) is 2.32. The first-order valence-electron chi connectivity index (χ1n) is 6.88. The minimum absolute atomic E-state index is 0.259. The topological polar surface area (TPSA) is 32.8 Å². The van der Waals surface area contributed by atoms with Crippen LogP contribution in [0.3, 0.4) is 0 Å². The van der Waals surface area contributed by atoms with Crippen molar-refractivity contribution < 1.29 is 9.84 Å². The van der Waals surface area contributed by atoms with Crippen molar-refractivity contribution in [3.05, 3.63) is 12.2 Å². The van der Waals surface area contributed by atoms with Gasteiger partial charge >= 0.3 is 0 Å². The monoisotopic (exact) mass is 236 g/mol. The fourth-order valence-electron chi connectivity index (χ4n) is 4.04. The first kappa shape index (κ1) is 11.7. The molecule has 2 heteroatoms. The molecular formula is C15H24O2. The quantitative estimate of drug-likeness (QED) is 0.518. The molecule has 96 valence electrons. The van der Waals surface area contributed by atoms with Crippen LogP contribution >= 0.6 is 0 Å². The largest absolute Gasteiger partial charge is 0.390 e. The Morgan fingerprint density at radius 2 is 2.06 bits per heavy atom. The maximum Gasteiger partial charge on any atom is 0.118 e. The van der Waals surface area contributed by atoms with Gasteiger partial charge in [-0.1, -0.05) is 26.0 Å². The number of epoxide rings is 1. The Morgan fingerprint density at radius 1 is 1.35 bits per heavy atom. The van der Waals surface area contributed by atoms with Gasteiger partial charge in [0.25, 0.3) is 0 Å². The van der Waals surface area contributed by atoms with Crippen molar-refractivity contribution in [3.8, 4) is 0 Å². The van der Waals surface area contributed by atoms with Gasteiger partial charge in [-0.2, -0.15) is 0 Å². The van der Waals surface area contributed by atoms with Crippen molar-refractivity contribution >= 4 is 0 Å². The Hall–Kier alpha value is -0.340. The minimum atomic E-state index is -0.300. The molecule has 2 nitrogen and oxygen atoms in total. The second-order valence-corrected chi connectivity index (χ2v) is 7.14. The van der Waals surface area contributed by atoms with Crippen LogP contribution in [-0.4, -0.2) is 22.9 Å². The molecule has 0 spiro atoms. The van der Waals surface area contributed by atoms with Crippen molar-refractivity contribution in [2.24, 2.45) is 17.3 Å². The molecule has 1 heterocycles. The fraction of sp³-hybridized carbons (Fsp3) is 0.867. The van der Waals surface area contributed by atoms with E-state index in [4.69, 9.17) is 4.74 Å². The smallest absolute Gasteiger partial charge is 0.118 e. The summed E-state index contributed by atoms with van der Waals surface area (Å²) in [6.07, 6.45) is 4.19. The highest BCUT2D eigenvalue weighted by atomic mass is 16.6. The molecule has 3 rings (SSSR count). The summed E-state index contributed by atoms with van der Waals surface area (Å²) in [6, 6.07) is 0. The summed E-state index contributed by atoms with van der Waals surface area (Å²) in [6.45, 7) is 11.0. The fourth-order valence-corrected chi connectivity index (χ4v) is 4.04. The van der Waals surface area contributed by atoms with Crippen LogP contribution in [0.1, 0.15) is 46.5 Å². The summed E-state index contributed by atoms with van der Waals surface area (Å²) in [5, 5.41) is 10.4. The number of fused-ring (bicyclic) bond motifs is 2. The Balaban J connectivity index is 1.83. The molecule has 0 amide bonds. The SMILES string of the molecule is C=C1CC[C@H]2O[C@@]2(C)[C@H](O)C[C@@H]2[C@@H]1CC2(C)C.